The second kappa shape index (κ2) is 11.0. The van der Waals surface area contributed by atoms with Crippen molar-refractivity contribution < 1.29 is 33.6 Å². The van der Waals surface area contributed by atoms with Gasteiger partial charge in [-0.3, -0.25) is 0 Å². The molecule has 0 atom stereocenters. The van der Waals surface area contributed by atoms with Crippen molar-refractivity contribution in [1.82, 2.24) is 0 Å². The predicted molar refractivity (Wildman–Crippen MR) is 132 cm³/mol. The quantitative estimate of drug-likeness (QED) is 0.328. The van der Waals surface area contributed by atoms with Gasteiger partial charge in [-0.1, -0.05) is 30.3 Å². The Morgan fingerprint density at radius 3 is 2.17 bits per heavy atom. The van der Waals surface area contributed by atoms with Gasteiger partial charge in [-0.15, -0.1) is 0 Å². The Kier molecular flexibility index (Phi) is 8.02. The summed E-state index contributed by atoms with van der Waals surface area (Å²) in [6.07, 6.45) is -0.336. The fourth-order valence-corrected chi connectivity index (χ4v) is 3.74. The van der Waals surface area contributed by atoms with E-state index in [2.05, 4.69) is 0 Å². The van der Waals surface area contributed by atoms with Crippen LogP contribution in [0.2, 0.25) is 0 Å². The second-order valence-corrected chi connectivity index (χ2v) is 8.48. The molecule has 0 amide bonds. The maximum atomic E-state index is 13.1. The van der Waals surface area contributed by atoms with Crippen LogP contribution in [0.1, 0.15) is 56.8 Å². The highest BCUT2D eigenvalue weighted by molar-refractivity contribution is 5.97. The van der Waals surface area contributed by atoms with E-state index in [1.165, 1.54) is 19.2 Å². The van der Waals surface area contributed by atoms with E-state index in [0.29, 0.717) is 34.8 Å². The summed E-state index contributed by atoms with van der Waals surface area (Å²) in [5.41, 5.74) is 2.98. The number of carbonyl (C=O) groups is 2. The molecule has 0 saturated carbocycles. The van der Waals surface area contributed by atoms with Crippen LogP contribution in [0.4, 0.5) is 0 Å². The average molecular weight is 479 g/mol. The van der Waals surface area contributed by atoms with Crippen LogP contribution in [0, 0.1) is 20.8 Å². The molecule has 0 aliphatic heterocycles. The number of ether oxygens (including phenoxy) is 4. The summed E-state index contributed by atoms with van der Waals surface area (Å²) in [7, 11) is 1.48. The molecule has 0 heterocycles. The maximum Gasteiger partial charge on any atom is 0.347 e. The molecule has 1 N–H and O–H groups in total. The molecule has 0 aromatic heterocycles. The molecular formula is C28H30O7. The van der Waals surface area contributed by atoms with E-state index in [9.17, 15) is 14.7 Å². The van der Waals surface area contributed by atoms with Crippen LogP contribution in [0.5, 0.6) is 23.0 Å². The number of benzene rings is 3. The second-order valence-electron chi connectivity index (χ2n) is 8.48. The summed E-state index contributed by atoms with van der Waals surface area (Å²) >= 11 is 0. The summed E-state index contributed by atoms with van der Waals surface area (Å²) in [6, 6.07) is 14.2. The molecule has 0 unspecified atom stereocenters. The van der Waals surface area contributed by atoms with Gasteiger partial charge in [0.25, 0.3) is 0 Å². The van der Waals surface area contributed by atoms with Crippen molar-refractivity contribution >= 4 is 11.9 Å². The number of phenolic OH excluding ortho intramolecular Hbond substituents is 1. The lowest BCUT2D eigenvalue weighted by molar-refractivity contribution is 0.0374. The van der Waals surface area contributed by atoms with Crippen LogP contribution in [0.25, 0.3) is 0 Å². The number of esters is 2. The molecule has 0 fully saturated rings. The van der Waals surface area contributed by atoms with Crippen molar-refractivity contribution in [1.29, 1.82) is 0 Å². The Hall–Kier alpha value is -4.00. The van der Waals surface area contributed by atoms with Crippen LogP contribution >= 0.6 is 0 Å². The number of aromatic hydroxyl groups is 1. The largest absolute Gasteiger partial charge is 0.507 e. The molecule has 7 nitrogen and oxygen atoms in total. The monoisotopic (exact) mass is 478 g/mol. The molecule has 7 heteroatoms. The normalized spacial score (nSPS) is 10.7. The first kappa shape index (κ1) is 25.6. The number of phenols is 1. The fourth-order valence-electron chi connectivity index (χ4n) is 3.74. The SMILES string of the molecule is COc1c(C)c(OCc2ccccc2)cc(C)c1C(=O)Oc1cc(C)c(C(=O)OC(C)C)c(O)c1. The Labute approximate surface area is 205 Å². The minimum atomic E-state index is -0.659. The van der Waals surface area contributed by atoms with E-state index in [-0.39, 0.29) is 28.7 Å². The van der Waals surface area contributed by atoms with Crippen molar-refractivity contribution in [3.05, 3.63) is 81.9 Å². The smallest absolute Gasteiger partial charge is 0.347 e. The lowest BCUT2D eigenvalue weighted by Gasteiger charge is -2.18. The lowest BCUT2D eigenvalue weighted by atomic mass is 10.0. The number of hydrogen-bond acceptors (Lipinski definition) is 7. The van der Waals surface area contributed by atoms with Gasteiger partial charge in [-0.25, -0.2) is 9.59 Å². The minimum absolute atomic E-state index is 0.0306. The van der Waals surface area contributed by atoms with E-state index in [1.54, 1.807) is 40.7 Å². The number of aryl methyl sites for hydroxylation is 2. The highest BCUT2D eigenvalue weighted by atomic mass is 16.5. The third-order valence-electron chi connectivity index (χ3n) is 5.37. The van der Waals surface area contributed by atoms with Gasteiger partial charge in [-0.05, 0) is 63.4 Å². The van der Waals surface area contributed by atoms with E-state index in [1.807, 2.05) is 30.3 Å². The van der Waals surface area contributed by atoms with E-state index in [4.69, 9.17) is 18.9 Å². The average Bonchev–Trinajstić information content (AvgIpc) is 2.78. The van der Waals surface area contributed by atoms with Crippen molar-refractivity contribution in [2.75, 3.05) is 7.11 Å². The van der Waals surface area contributed by atoms with Crippen molar-refractivity contribution in [2.45, 2.75) is 47.3 Å². The van der Waals surface area contributed by atoms with Gasteiger partial charge < -0.3 is 24.1 Å². The minimum Gasteiger partial charge on any atom is -0.507 e. The van der Waals surface area contributed by atoms with Gasteiger partial charge in [-0.2, -0.15) is 0 Å². The molecule has 0 bridgehead atoms. The maximum absolute atomic E-state index is 13.1. The van der Waals surface area contributed by atoms with Crippen LogP contribution in [-0.2, 0) is 11.3 Å². The Morgan fingerprint density at radius 2 is 1.57 bits per heavy atom. The summed E-state index contributed by atoms with van der Waals surface area (Å²) in [6.45, 7) is 9.01. The molecule has 0 radical (unpaired) electrons. The summed E-state index contributed by atoms with van der Waals surface area (Å²) in [5.74, 6) is -0.601. The van der Waals surface area contributed by atoms with Gasteiger partial charge >= 0.3 is 11.9 Å². The molecule has 0 saturated heterocycles. The van der Waals surface area contributed by atoms with Crippen LogP contribution in [-0.4, -0.2) is 30.3 Å². The molecule has 3 aromatic carbocycles. The number of hydrogen-bond donors (Lipinski definition) is 1. The topological polar surface area (TPSA) is 91.3 Å². The first-order chi connectivity index (χ1) is 16.6. The summed E-state index contributed by atoms with van der Waals surface area (Å²) in [5, 5.41) is 10.4. The predicted octanol–water partition coefficient (Wildman–Crippen LogP) is 5.69. The Bertz CT molecular complexity index is 1210. The Balaban J connectivity index is 1.86. The Morgan fingerprint density at radius 1 is 0.914 bits per heavy atom. The van der Waals surface area contributed by atoms with Crippen LogP contribution in [0.15, 0.2) is 48.5 Å². The molecule has 3 aromatic rings. The highest BCUT2D eigenvalue weighted by Gasteiger charge is 2.24. The third kappa shape index (κ3) is 5.93. The number of methoxy groups -OCH3 is 1. The number of rotatable bonds is 8. The van der Waals surface area contributed by atoms with Gasteiger partial charge in [0.05, 0.1) is 13.2 Å². The van der Waals surface area contributed by atoms with Crippen LogP contribution in [0.3, 0.4) is 0 Å². The van der Waals surface area contributed by atoms with Gasteiger partial charge in [0.15, 0.2) is 0 Å². The van der Waals surface area contributed by atoms with Gasteiger partial charge in [0.2, 0.25) is 0 Å². The van der Waals surface area contributed by atoms with Crippen molar-refractivity contribution in [3.63, 3.8) is 0 Å². The fraction of sp³-hybridized carbons (Fsp3) is 0.286. The van der Waals surface area contributed by atoms with Crippen LogP contribution < -0.4 is 14.2 Å². The molecule has 0 aliphatic rings. The van der Waals surface area contributed by atoms with E-state index in [0.717, 1.165) is 5.56 Å². The third-order valence-corrected chi connectivity index (χ3v) is 5.37. The first-order valence-corrected chi connectivity index (χ1v) is 11.2. The first-order valence-electron chi connectivity index (χ1n) is 11.2. The molecule has 0 spiro atoms. The molecule has 3 rings (SSSR count). The summed E-state index contributed by atoms with van der Waals surface area (Å²) < 4.78 is 22.3. The zero-order valence-electron chi connectivity index (χ0n) is 20.8. The van der Waals surface area contributed by atoms with E-state index >= 15 is 0 Å². The molecule has 35 heavy (non-hydrogen) atoms. The number of carbonyl (C=O) groups excluding carboxylic acids is 2. The standard InChI is InChI=1S/C28H30O7/c1-16(2)34-27(30)24-17(3)12-21(14-22(24)29)35-28(31)25-18(4)13-23(19(5)26(25)32-6)33-15-20-10-8-7-9-11-20/h7-14,16,29H,15H2,1-6H3. The van der Waals surface area contributed by atoms with E-state index < -0.39 is 11.9 Å². The van der Waals surface area contributed by atoms with Crippen molar-refractivity contribution in [3.8, 4) is 23.0 Å². The van der Waals surface area contributed by atoms with Gasteiger partial charge in [0, 0.05) is 11.6 Å². The molecule has 184 valence electrons. The molecule has 0 aliphatic carbocycles. The molecular weight excluding hydrogens is 448 g/mol. The highest BCUT2D eigenvalue weighted by Crippen LogP contribution is 2.36. The zero-order chi connectivity index (χ0) is 25.7. The zero-order valence-corrected chi connectivity index (χ0v) is 20.8. The lowest BCUT2D eigenvalue weighted by Crippen LogP contribution is -2.15. The van der Waals surface area contributed by atoms with Gasteiger partial charge in [0.1, 0.15) is 40.7 Å². The summed E-state index contributed by atoms with van der Waals surface area (Å²) in [4.78, 5) is 25.4. The van der Waals surface area contributed by atoms with Crippen molar-refractivity contribution in [2.24, 2.45) is 0 Å².